The highest BCUT2D eigenvalue weighted by Crippen LogP contribution is 2.32. The summed E-state index contributed by atoms with van der Waals surface area (Å²) in [6.45, 7) is 0.652. The second-order valence-electron chi connectivity index (χ2n) is 3.33. The molecule has 4 heteroatoms. The van der Waals surface area contributed by atoms with Gasteiger partial charge in [-0.2, -0.15) is 0 Å². The van der Waals surface area contributed by atoms with Crippen LogP contribution in [0, 0.1) is 0 Å². The fourth-order valence-corrected chi connectivity index (χ4v) is 1.64. The van der Waals surface area contributed by atoms with Crippen molar-refractivity contribution >= 4 is 11.6 Å². The van der Waals surface area contributed by atoms with Gasteiger partial charge in [0.2, 0.25) is 0 Å². The minimum atomic E-state index is 0.129. The fraction of sp³-hybridized carbons (Fsp3) is 0.455. The molecule has 3 N–H and O–H groups in total. The molecule has 0 atom stereocenters. The predicted octanol–water partition coefficient (Wildman–Crippen LogP) is 2.03. The molecule has 0 spiro atoms. The van der Waals surface area contributed by atoms with E-state index in [4.69, 9.17) is 22.1 Å². The molecular weight excluding hydrogens is 214 g/mol. The molecule has 0 aliphatic carbocycles. The molecule has 0 fully saturated rings. The number of phenols is 1. The van der Waals surface area contributed by atoms with Gasteiger partial charge in [0, 0.05) is 5.56 Å². The summed E-state index contributed by atoms with van der Waals surface area (Å²) in [5, 5.41) is 9.70. The maximum atomic E-state index is 9.70. The summed E-state index contributed by atoms with van der Waals surface area (Å²) in [5.41, 5.74) is 7.23. The summed E-state index contributed by atoms with van der Waals surface area (Å²) in [4.78, 5) is 0. The normalized spacial score (nSPS) is 10.3. The van der Waals surface area contributed by atoms with E-state index >= 15 is 0 Å². The number of alkyl halides is 1. The van der Waals surface area contributed by atoms with Crippen LogP contribution in [0.5, 0.6) is 11.5 Å². The third-order valence-corrected chi connectivity index (χ3v) is 2.54. The fourth-order valence-electron chi connectivity index (χ4n) is 1.44. The average molecular weight is 230 g/mol. The highest BCUT2D eigenvalue weighted by molar-refractivity contribution is 6.17. The maximum absolute atomic E-state index is 9.70. The Balaban J connectivity index is 2.98. The van der Waals surface area contributed by atoms with Crippen molar-refractivity contribution < 1.29 is 9.84 Å². The molecule has 0 saturated heterocycles. The van der Waals surface area contributed by atoms with Crippen molar-refractivity contribution in [1.29, 1.82) is 0 Å². The number of phenolic OH excluding ortho intramolecular Hbond substituents is 1. The molecule has 0 unspecified atom stereocenters. The lowest BCUT2D eigenvalue weighted by atomic mass is 10.1. The Morgan fingerprint density at radius 2 is 2.20 bits per heavy atom. The zero-order chi connectivity index (χ0) is 11.3. The van der Waals surface area contributed by atoms with Crippen LogP contribution < -0.4 is 10.5 Å². The molecule has 0 heterocycles. The molecule has 1 aromatic rings. The van der Waals surface area contributed by atoms with Gasteiger partial charge in [0.1, 0.15) is 0 Å². The second kappa shape index (κ2) is 5.83. The summed E-state index contributed by atoms with van der Waals surface area (Å²) < 4.78 is 5.07. The van der Waals surface area contributed by atoms with Crippen LogP contribution >= 0.6 is 11.6 Å². The summed E-state index contributed by atoms with van der Waals surface area (Å²) in [5.74, 6) is 0.878. The number of nitrogens with two attached hydrogens (primary N) is 1. The maximum Gasteiger partial charge on any atom is 0.162 e. The van der Waals surface area contributed by atoms with Gasteiger partial charge in [-0.15, -0.1) is 11.6 Å². The number of benzene rings is 1. The number of methoxy groups -OCH3 is 1. The van der Waals surface area contributed by atoms with Crippen molar-refractivity contribution in [2.45, 2.75) is 18.7 Å². The molecule has 0 bridgehead atoms. The molecule has 0 radical (unpaired) electrons. The van der Waals surface area contributed by atoms with E-state index in [2.05, 4.69) is 0 Å². The number of hydrogen-bond acceptors (Lipinski definition) is 3. The van der Waals surface area contributed by atoms with Gasteiger partial charge in [0.15, 0.2) is 11.5 Å². The number of ether oxygens (including phenoxy) is 1. The van der Waals surface area contributed by atoms with Gasteiger partial charge >= 0.3 is 0 Å². The molecule has 0 aliphatic heterocycles. The molecule has 3 nitrogen and oxygen atoms in total. The average Bonchev–Trinajstić information content (AvgIpc) is 2.27. The first-order valence-corrected chi connectivity index (χ1v) is 5.41. The van der Waals surface area contributed by atoms with Crippen molar-refractivity contribution in [3.05, 3.63) is 23.3 Å². The van der Waals surface area contributed by atoms with Crippen LogP contribution in [-0.4, -0.2) is 18.8 Å². The lowest BCUT2D eigenvalue weighted by molar-refractivity contribution is 0.371. The first-order valence-electron chi connectivity index (χ1n) is 4.87. The number of rotatable bonds is 5. The number of aromatic hydroxyl groups is 1. The van der Waals surface area contributed by atoms with Gasteiger partial charge in [-0.1, -0.05) is 6.07 Å². The van der Waals surface area contributed by atoms with Crippen LogP contribution in [-0.2, 0) is 12.3 Å². The van der Waals surface area contributed by atoms with Gasteiger partial charge in [-0.25, -0.2) is 0 Å². The van der Waals surface area contributed by atoms with Crippen molar-refractivity contribution in [2.24, 2.45) is 5.73 Å². The molecule has 0 aromatic heterocycles. The number of halogens is 1. The summed E-state index contributed by atoms with van der Waals surface area (Å²) in [7, 11) is 1.53. The molecule has 84 valence electrons. The molecule has 1 aromatic carbocycles. The number of hydrogen-bond donors (Lipinski definition) is 2. The van der Waals surface area contributed by atoms with E-state index in [1.807, 2.05) is 12.1 Å². The third-order valence-electron chi connectivity index (χ3n) is 2.25. The molecule has 0 amide bonds. The van der Waals surface area contributed by atoms with E-state index in [0.717, 1.165) is 18.4 Å². The van der Waals surface area contributed by atoms with E-state index < -0.39 is 0 Å². The van der Waals surface area contributed by atoms with E-state index in [-0.39, 0.29) is 11.6 Å². The first kappa shape index (κ1) is 12.1. The Morgan fingerprint density at radius 1 is 1.47 bits per heavy atom. The Bertz CT molecular complexity index is 303. The van der Waals surface area contributed by atoms with Crippen LogP contribution in [0.4, 0.5) is 0 Å². The highest BCUT2D eigenvalue weighted by Gasteiger charge is 2.09. The van der Waals surface area contributed by atoms with Crippen LogP contribution in [0.2, 0.25) is 0 Å². The van der Waals surface area contributed by atoms with Crippen LogP contribution in [0.25, 0.3) is 0 Å². The molecular formula is C11H16ClNO2. The van der Waals surface area contributed by atoms with E-state index in [0.29, 0.717) is 17.9 Å². The first-order chi connectivity index (χ1) is 7.22. The number of aryl methyl sites for hydroxylation is 1. The van der Waals surface area contributed by atoms with Crippen molar-refractivity contribution in [2.75, 3.05) is 13.7 Å². The van der Waals surface area contributed by atoms with Gasteiger partial charge in [0.25, 0.3) is 0 Å². The van der Waals surface area contributed by atoms with Crippen molar-refractivity contribution in [3.63, 3.8) is 0 Å². The zero-order valence-corrected chi connectivity index (χ0v) is 9.55. The monoisotopic (exact) mass is 229 g/mol. The van der Waals surface area contributed by atoms with Crippen LogP contribution in [0.3, 0.4) is 0 Å². The second-order valence-corrected chi connectivity index (χ2v) is 3.60. The smallest absolute Gasteiger partial charge is 0.162 e. The Morgan fingerprint density at radius 3 is 2.73 bits per heavy atom. The van der Waals surface area contributed by atoms with E-state index in [9.17, 15) is 5.11 Å². The zero-order valence-electron chi connectivity index (χ0n) is 8.79. The van der Waals surface area contributed by atoms with Crippen molar-refractivity contribution in [3.8, 4) is 11.5 Å². The molecule has 0 aliphatic rings. The lowest BCUT2D eigenvalue weighted by Gasteiger charge is -2.10. The highest BCUT2D eigenvalue weighted by atomic mass is 35.5. The Kier molecular flexibility index (Phi) is 4.72. The molecule has 15 heavy (non-hydrogen) atoms. The van der Waals surface area contributed by atoms with Gasteiger partial charge in [-0.05, 0) is 31.0 Å². The van der Waals surface area contributed by atoms with E-state index in [1.54, 1.807) is 0 Å². The van der Waals surface area contributed by atoms with Gasteiger partial charge < -0.3 is 15.6 Å². The third kappa shape index (κ3) is 3.01. The quantitative estimate of drug-likeness (QED) is 0.760. The minimum Gasteiger partial charge on any atom is -0.504 e. The van der Waals surface area contributed by atoms with Crippen LogP contribution in [0.15, 0.2) is 12.1 Å². The van der Waals surface area contributed by atoms with Crippen molar-refractivity contribution in [1.82, 2.24) is 0 Å². The standard InChI is InChI=1S/C11H16ClNO2/c1-15-10-6-8(3-2-4-13)5-9(7-12)11(10)14/h5-6,14H,2-4,7,13H2,1H3. The van der Waals surface area contributed by atoms with E-state index in [1.165, 1.54) is 7.11 Å². The Labute approximate surface area is 94.8 Å². The molecule has 1 rings (SSSR count). The SMILES string of the molecule is COc1cc(CCCN)cc(CCl)c1O. The topological polar surface area (TPSA) is 55.5 Å². The minimum absolute atomic E-state index is 0.129. The van der Waals surface area contributed by atoms with Gasteiger partial charge in [0.05, 0.1) is 13.0 Å². The largest absolute Gasteiger partial charge is 0.504 e. The molecule has 0 saturated carbocycles. The van der Waals surface area contributed by atoms with Gasteiger partial charge in [-0.3, -0.25) is 0 Å². The summed E-state index contributed by atoms with van der Waals surface area (Å²) in [6, 6.07) is 3.71. The summed E-state index contributed by atoms with van der Waals surface area (Å²) >= 11 is 5.73. The summed E-state index contributed by atoms with van der Waals surface area (Å²) in [6.07, 6.45) is 1.78. The Hall–Kier alpha value is -0.930. The van der Waals surface area contributed by atoms with Crippen LogP contribution in [0.1, 0.15) is 17.5 Å². The predicted molar refractivity (Wildman–Crippen MR) is 61.6 cm³/mol. The lowest BCUT2D eigenvalue weighted by Crippen LogP contribution is -2.01.